The van der Waals surface area contributed by atoms with E-state index in [-0.39, 0.29) is 0 Å². The van der Waals surface area contributed by atoms with Crippen LogP contribution in [0.15, 0.2) is 66.7 Å². The quantitative estimate of drug-likeness (QED) is 0.261. The highest BCUT2D eigenvalue weighted by atomic mass is 127. The summed E-state index contributed by atoms with van der Waals surface area (Å²) in [6.45, 7) is 4.54. The Hall–Kier alpha value is -1.87. The molecule has 0 aliphatic heterocycles. The van der Waals surface area contributed by atoms with Gasteiger partial charge < -0.3 is 0 Å². The van der Waals surface area contributed by atoms with E-state index >= 15 is 0 Å². The summed E-state index contributed by atoms with van der Waals surface area (Å²) in [6.07, 6.45) is 4.74. The van der Waals surface area contributed by atoms with Crippen LogP contribution in [0.2, 0.25) is 0 Å². The molecule has 0 atom stereocenters. The maximum Gasteiger partial charge on any atom is 0.0136 e. The van der Waals surface area contributed by atoms with E-state index in [0.29, 0.717) is 0 Å². The Bertz CT molecular complexity index is 1110. The summed E-state index contributed by atoms with van der Waals surface area (Å²) in [6, 6.07) is 25.1. The molecule has 0 unspecified atom stereocenters. The van der Waals surface area contributed by atoms with E-state index in [9.17, 15) is 0 Å². The van der Waals surface area contributed by atoms with Crippen molar-refractivity contribution in [2.75, 3.05) is 0 Å². The van der Waals surface area contributed by atoms with E-state index < -0.39 is 0 Å². The maximum atomic E-state index is 2.38. The molecule has 0 saturated carbocycles. The predicted octanol–water partition coefficient (Wildman–Crippen LogP) is 8.17. The van der Waals surface area contributed by atoms with Gasteiger partial charge >= 0.3 is 0 Å². The smallest absolute Gasteiger partial charge is 0.0136 e. The zero-order valence-corrected chi connectivity index (χ0v) is 18.2. The summed E-state index contributed by atoms with van der Waals surface area (Å²) in [7, 11) is 0. The Morgan fingerprint density at radius 3 is 2.04 bits per heavy atom. The van der Waals surface area contributed by atoms with E-state index in [1.807, 2.05) is 0 Å². The Kier molecular flexibility index (Phi) is 5.49. The van der Waals surface area contributed by atoms with Crippen LogP contribution in [0.5, 0.6) is 0 Å². The van der Waals surface area contributed by atoms with Gasteiger partial charge in [0.2, 0.25) is 0 Å². The lowest BCUT2D eigenvalue weighted by Gasteiger charge is -2.14. The van der Waals surface area contributed by atoms with Gasteiger partial charge in [-0.25, -0.2) is 0 Å². The maximum absolute atomic E-state index is 2.38. The van der Waals surface area contributed by atoms with Crippen LogP contribution in [0, 0.1) is 3.57 Å². The third kappa shape index (κ3) is 3.75. The van der Waals surface area contributed by atoms with Crippen molar-refractivity contribution in [3.63, 3.8) is 0 Å². The summed E-state index contributed by atoms with van der Waals surface area (Å²) >= 11 is 2.38. The van der Waals surface area contributed by atoms with Crippen LogP contribution in [0.4, 0.5) is 0 Å². The molecule has 4 aromatic carbocycles. The molecular formula is C26H25I. The Morgan fingerprint density at radius 1 is 0.630 bits per heavy atom. The molecule has 0 heterocycles. The molecule has 27 heavy (non-hydrogen) atoms. The number of halogens is 1. The van der Waals surface area contributed by atoms with Gasteiger partial charge in [-0.1, -0.05) is 69.2 Å². The van der Waals surface area contributed by atoms with Gasteiger partial charge in [-0.2, -0.15) is 0 Å². The molecule has 4 aromatic rings. The summed E-state index contributed by atoms with van der Waals surface area (Å²) in [5.74, 6) is 0. The normalized spacial score (nSPS) is 11.4. The van der Waals surface area contributed by atoms with Gasteiger partial charge in [0.15, 0.2) is 0 Å². The first-order chi connectivity index (χ1) is 13.2. The van der Waals surface area contributed by atoms with Crippen LogP contribution in [-0.4, -0.2) is 0 Å². The Labute approximate surface area is 175 Å². The number of hydrogen-bond donors (Lipinski definition) is 0. The van der Waals surface area contributed by atoms with Crippen molar-refractivity contribution >= 4 is 44.1 Å². The van der Waals surface area contributed by atoms with E-state index in [0.717, 1.165) is 0 Å². The largest absolute Gasteiger partial charge is 0.0651 e. The lowest BCUT2D eigenvalue weighted by Crippen LogP contribution is -1.96. The average Bonchev–Trinajstić information content (AvgIpc) is 2.69. The van der Waals surface area contributed by atoms with Crippen molar-refractivity contribution < 1.29 is 0 Å². The molecule has 0 spiro atoms. The average molecular weight is 464 g/mol. The molecule has 0 aliphatic rings. The Balaban J connectivity index is 1.81. The van der Waals surface area contributed by atoms with Crippen molar-refractivity contribution in [1.29, 1.82) is 0 Å². The number of hydrogen-bond acceptors (Lipinski definition) is 0. The Morgan fingerprint density at radius 2 is 1.26 bits per heavy atom. The molecule has 0 amide bonds. The van der Waals surface area contributed by atoms with Crippen molar-refractivity contribution in [3.05, 3.63) is 81.4 Å². The fourth-order valence-corrected chi connectivity index (χ4v) is 4.58. The predicted molar refractivity (Wildman–Crippen MR) is 128 cm³/mol. The minimum absolute atomic E-state index is 1.17. The van der Waals surface area contributed by atoms with Crippen molar-refractivity contribution in [2.45, 2.75) is 39.5 Å². The first-order valence-corrected chi connectivity index (χ1v) is 11.0. The van der Waals surface area contributed by atoms with Crippen LogP contribution in [0.3, 0.4) is 0 Å². The summed E-state index contributed by atoms with van der Waals surface area (Å²) < 4.78 is 1.28. The van der Waals surface area contributed by atoms with E-state index in [2.05, 4.69) is 103 Å². The molecular weight excluding hydrogens is 439 g/mol. The topological polar surface area (TPSA) is 0 Å². The number of fused-ring (bicyclic) bond motifs is 2. The van der Waals surface area contributed by atoms with Gasteiger partial charge in [-0.05, 0) is 103 Å². The summed E-state index contributed by atoms with van der Waals surface area (Å²) in [4.78, 5) is 0. The highest BCUT2D eigenvalue weighted by molar-refractivity contribution is 14.1. The molecule has 136 valence electrons. The lowest BCUT2D eigenvalue weighted by molar-refractivity contribution is 0.868. The van der Waals surface area contributed by atoms with Gasteiger partial charge in [0.25, 0.3) is 0 Å². The van der Waals surface area contributed by atoms with Crippen LogP contribution in [0.1, 0.15) is 37.8 Å². The van der Waals surface area contributed by atoms with Crippen LogP contribution in [-0.2, 0) is 12.8 Å². The van der Waals surface area contributed by atoms with Crippen molar-refractivity contribution in [2.24, 2.45) is 0 Å². The van der Waals surface area contributed by atoms with Gasteiger partial charge in [0, 0.05) is 3.57 Å². The second-order valence-corrected chi connectivity index (χ2v) is 8.59. The summed E-state index contributed by atoms with van der Waals surface area (Å²) in [5.41, 5.74) is 5.67. The first kappa shape index (κ1) is 18.5. The fraction of sp³-hybridized carbons (Fsp3) is 0.231. The zero-order chi connectivity index (χ0) is 18.8. The van der Waals surface area contributed by atoms with Gasteiger partial charge in [-0.15, -0.1) is 0 Å². The van der Waals surface area contributed by atoms with Crippen molar-refractivity contribution in [3.8, 4) is 11.1 Å². The molecule has 0 nitrogen and oxygen atoms in total. The van der Waals surface area contributed by atoms with E-state index in [4.69, 9.17) is 0 Å². The monoisotopic (exact) mass is 464 g/mol. The highest BCUT2D eigenvalue weighted by Crippen LogP contribution is 2.31. The summed E-state index contributed by atoms with van der Waals surface area (Å²) in [5, 5.41) is 5.40. The molecule has 1 heteroatoms. The van der Waals surface area contributed by atoms with Gasteiger partial charge in [0.05, 0.1) is 0 Å². The van der Waals surface area contributed by atoms with E-state index in [1.165, 1.54) is 67.5 Å². The zero-order valence-electron chi connectivity index (χ0n) is 16.1. The minimum atomic E-state index is 1.17. The lowest BCUT2D eigenvalue weighted by atomic mass is 9.91. The molecule has 4 rings (SSSR count). The number of benzene rings is 4. The first-order valence-electron chi connectivity index (χ1n) is 9.94. The second kappa shape index (κ2) is 8.02. The fourth-order valence-electron chi connectivity index (χ4n) is 4.06. The van der Waals surface area contributed by atoms with Crippen molar-refractivity contribution in [1.82, 2.24) is 0 Å². The van der Waals surface area contributed by atoms with E-state index in [1.54, 1.807) is 5.56 Å². The second-order valence-electron chi connectivity index (χ2n) is 7.35. The van der Waals surface area contributed by atoms with Crippen LogP contribution in [0.25, 0.3) is 32.7 Å². The third-order valence-corrected chi connectivity index (χ3v) is 6.05. The van der Waals surface area contributed by atoms with Crippen LogP contribution < -0.4 is 0 Å². The molecule has 0 aromatic heterocycles. The molecule has 0 fully saturated rings. The molecule has 0 radical (unpaired) electrons. The number of rotatable bonds is 5. The van der Waals surface area contributed by atoms with Gasteiger partial charge in [-0.3, -0.25) is 0 Å². The SMILES string of the molecule is CCCc1ccc2cc(-c3ccc4cc(I)ccc4c3)ccc2c1CCC. The molecule has 0 saturated heterocycles. The molecule has 0 N–H and O–H groups in total. The number of aryl methyl sites for hydroxylation is 2. The minimum Gasteiger partial charge on any atom is -0.0651 e. The highest BCUT2D eigenvalue weighted by Gasteiger charge is 2.08. The molecule has 0 aliphatic carbocycles. The van der Waals surface area contributed by atoms with Crippen LogP contribution >= 0.6 is 22.6 Å². The van der Waals surface area contributed by atoms with Gasteiger partial charge in [0.1, 0.15) is 0 Å². The standard InChI is InChI=1S/C26H25I/c1-3-5-18-7-10-23-16-21(12-14-26(23)25(18)6-4-2)19-8-9-22-17-24(27)13-11-20(22)15-19/h7-17H,3-6H2,1-2H3. The molecule has 0 bridgehead atoms. The third-order valence-electron chi connectivity index (χ3n) is 5.38.